The number of anilines is 1. The normalized spacial score (nSPS) is 18.0. The lowest BCUT2D eigenvalue weighted by Gasteiger charge is -2.21. The molecule has 1 aromatic carbocycles. The number of ether oxygens (including phenoxy) is 1. The van der Waals surface area contributed by atoms with Crippen LogP contribution in [0.1, 0.15) is 38.3 Å². The summed E-state index contributed by atoms with van der Waals surface area (Å²) in [5.41, 5.74) is 2.27. The average molecular weight is 397 g/mol. The molecule has 1 heterocycles. The largest absolute Gasteiger partial charge is 0.444 e. The van der Waals surface area contributed by atoms with Gasteiger partial charge in [-0.25, -0.2) is 4.79 Å². The van der Waals surface area contributed by atoms with E-state index in [1.54, 1.807) is 0 Å². The smallest absolute Gasteiger partial charge is 0.412 e. The lowest BCUT2D eigenvalue weighted by Crippen LogP contribution is -2.27. The van der Waals surface area contributed by atoms with E-state index >= 15 is 0 Å². The molecule has 0 aliphatic carbocycles. The van der Waals surface area contributed by atoms with E-state index in [1.807, 2.05) is 50.8 Å². The fourth-order valence-electron chi connectivity index (χ4n) is 2.66. The third-order valence-electron chi connectivity index (χ3n) is 3.87. The second-order valence-corrected chi connectivity index (χ2v) is 7.91. The number of hydrogen-bond donors (Lipinski definition) is 1. The molecule has 1 N–H and O–H groups in total. The topological polar surface area (TPSA) is 58.6 Å². The Hall–Kier alpha value is -1.56. The molecule has 2 amide bonds. The van der Waals surface area contributed by atoms with Crippen LogP contribution in [0.3, 0.4) is 0 Å². The summed E-state index contributed by atoms with van der Waals surface area (Å²) in [7, 11) is 0. The summed E-state index contributed by atoms with van der Waals surface area (Å²) in [6, 6.07) is 5.70. The molecule has 1 fully saturated rings. The van der Waals surface area contributed by atoms with E-state index in [0.29, 0.717) is 24.6 Å². The lowest BCUT2D eigenvalue weighted by atomic mass is 10.1. The van der Waals surface area contributed by atoms with E-state index < -0.39 is 11.7 Å². The van der Waals surface area contributed by atoms with Crippen molar-refractivity contribution >= 4 is 33.6 Å². The van der Waals surface area contributed by atoms with Crippen LogP contribution < -0.4 is 5.32 Å². The van der Waals surface area contributed by atoms with Crippen molar-refractivity contribution in [2.75, 3.05) is 17.2 Å². The monoisotopic (exact) mass is 396 g/mol. The molecular weight excluding hydrogens is 372 g/mol. The van der Waals surface area contributed by atoms with Crippen molar-refractivity contribution in [2.45, 2.75) is 46.3 Å². The van der Waals surface area contributed by atoms with Crippen LogP contribution in [0.5, 0.6) is 0 Å². The second-order valence-electron chi connectivity index (χ2n) is 7.27. The van der Waals surface area contributed by atoms with Crippen molar-refractivity contribution in [3.05, 3.63) is 29.3 Å². The highest BCUT2D eigenvalue weighted by molar-refractivity contribution is 9.09. The SMILES string of the molecule is Cc1ccc(NC(=O)OC(C)(C)C)cc1CN1CC(CBr)CC1=O. The number of rotatable bonds is 4. The first-order valence-corrected chi connectivity index (χ1v) is 9.23. The first kappa shape index (κ1) is 18.8. The van der Waals surface area contributed by atoms with Gasteiger partial charge in [-0.1, -0.05) is 22.0 Å². The van der Waals surface area contributed by atoms with Crippen LogP contribution in [0.25, 0.3) is 0 Å². The number of carbonyl (C=O) groups is 2. The van der Waals surface area contributed by atoms with Crippen molar-refractivity contribution in [1.82, 2.24) is 4.90 Å². The summed E-state index contributed by atoms with van der Waals surface area (Å²) in [6.45, 7) is 8.83. The summed E-state index contributed by atoms with van der Waals surface area (Å²) in [5.74, 6) is 0.560. The highest BCUT2D eigenvalue weighted by Crippen LogP contribution is 2.24. The van der Waals surface area contributed by atoms with Crippen LogP contribution in [0.4, 0.5) is 10.5 Å². The summed E-state index contributed by atoms with van der Waals surface area (Å²) in [5, 5.41) is 3.59. The van der Waals surface area contributed by atoms with Crippen LogP contribution in [0.2, 0.25) is 0 Å². The molecule has 0 bridgehead atoms. The number of aryl methyl sites for hydroxylation is 1. The average Bonchev–Trinajstić information content (AvgIpc) is 2.81. The van der Waals surface area contributed by atoms with E-state index in [0.717, 1.165) is 23.0 Å². The number of alkyl halides is 1. The first-order valence-electron chi connectivity index (χ1n) is 8.11. The van der Waals surface area contributed by atoms with Crippen LogP contribution >= 0.6 is 15.9 Å². The number of hydrogen-bond acceptors (Lipinski definition) is 3. The van der Waals surface area contributed by atoms with E-state index in [4.69, 9.17) is 4.74 Å². The number of nitrogens with one attached hydrogen (secondary N) is 1. The van der Waals surface area contributed by atoms with Gasteiger partial charge >= 0.3 is 6.09 Å². The molecule has 1 aliphatic rings. The minimum Gasteiger partial charge on any atom is -0.444 e. The Morgan fingerprint density at radius 1 is 1.42 bits per heavy atom. The highest BCUT2D eigenvalue weighted by Gasteiger charge is 2.29. The van der Waals surface area contributed by atoms with Gasteiger partial charge in [-0.05, 0) is 56.9 Å². The molecule has 1 atom stereocenters. The third kappa shape index (κ3) is 5.23. The van der Waals surface area contributed by atoms with Gasteiger partial charge in [0.2, 0.25) is 5.91 Å². The molecule has 1 aliphatic heterocycles. The maximum atomic E-state index is 12.1. The first-order chi connectivity index (χ1) is 11.2. The minimum atomic E-state index is -0.537. The zero-order chi connectivity index (χ0) is 17.9. The molecule has 0 aromatic heterocycles. The van der Waals surface area contributed by atoms with E-state index in [2.05, 4.69) is 21.2 Å². The van der Waals surface area contributed by atoms with E-state index in [-0.39, 0.29) is 5.91 Å². The second kappa shape index (κ2) is 7.55. The molecule has 0 saturated carbocycles. The summed E-state index contributed by atoms with van der Waals surface area (Å²) < 4.78 is 5.27. The number of likely N-dealkylation sites (tertiary alicyclic amines) is 1. The number of nitrogens with zero attached hydrogens (tertiary/aromatic N) is 1. The maximum absolute atomic E-state index is 12.1. The standard InChI is InChI=1S/C18H25BrN2O3/c1-12-5-6-15(20-17(23)24-18(2,3)4)8-14(12)11-21-10-13(9-19)7-16(21)22/h5-6,8,13H,7,9-11H2,1-4H3,(H,20,23). The molecule has 2 rings (SSSR count). The summed E-state index contributed by atoms with van der Waals surface area (Å²) in [6.07, 6.45) is 0.120. The molecule has 0 radical (unpaired) electrons. The van der Waals surface area contributed by atoms with Crippen LogP contribution in [0, 0.1) is 12.8 Å². The number of benzene rings is 1. The van der Waals surface area contributed by atoms with Gasteiger partial charge in [-0.3, -0.25) is 10.1 Å². The Morgan fingerprint density at radius 2 is 2.12 bits per heavy atom. The van der Waals surface area contributed by atoms with Gasteiger partial charge in [0.1, 0.15) is 5.60 Å². The fourth-order valence-corrected chi connectivity index (χ4v) is 3.09. The van der Waals surface area contributed by atoms with Crippen molar-refractivity contribution < 1.29 is 14.3 Å². The van der Waals surface area contributed by atoms with Gasteiger partial charge in [0.05, 0.1) is 0 Å². The molecule has 5 nitrogen and oxygen atoms in total. The Balaban J connectivity index is 2.06. The van der Waals surface area contributed by atoms with Crippen molar-refractivity contribution in [2.24, 2.45) is 5.92 Å². The number of amides is 2. The van der Waals surface area contributed by atoms with Crippen LogP contribution in [0.15, 0.2) is 18.2 Å². The Bertz CT molecular complexity index is 625. The Labute approximate surface area is 151 Å². The Morgan fingerprint density at radius 3 is 2.71 bits per heavy atom. The van der Waals surface area contributed by atoms with Gasteiger partial charge in [0, 0.05) is 30.5 Å². The van der Waals surface area contributed by atoms with Gasteiger partial charge in [0.25, 0.3) is 0 Å². The van der Waals surface area contributed by atoms with Gasteiger partial charge in [0.15, 0.2) is 0 Å². The highest BCUT2D eigenvalue weighted by atomic mass is 79.9. The maximum Gasteiger partial charge on any atom is 0.412 e. The van der Waals surface area contributed by atoms with Crippen LogP contribution in [-0.4, -0.2) is 34.4 Å². The molecule has 1 saturated heterocycles. The summed E-state index contributed by atoms with van der Waals surface area (Å²) in [4.78, 5) is 25.9. The van der Waals surface area contributed by atoms with Crippen molar-refractivity contribution in [3.8, 4) is 0 Å². The van der Waals surface area contributed by atoms with E-state index in [1.165, 1.54) is 0 Å². The Kier molecular flexibility index (Phi) is 5.91. The zero-order valence-electron chi connectivity index (χ0n) is 14.7. The number of halogens is 1. The van der Waals surface area contributed by atoms with Gasteiger partial charge < -0.3 is 9.64 Å². The quantitative estimate of drug-likeness (QED) is 0.779. The van der Waals surface area contributed by atoms with Gasteiger partial charge in [-0.2, -0.15) is 0 Å². The molecule has 1 unspecified atom stereocenters. The predicted molar refractivity (Wildman–Crippen MR) is 98.4 cm³/mol. The van der Waals surface area contributed by atoms with Crippen LogP contribution in [-0.2, 0) is 16.1 Å². The lowest BCUT2D eigenvalue weighted by molar-refractivity contribution is -0.128. The minimum absolute atomic E-state index is 0.185. The zero-order valence-corrected chi connectivity index (χ0v) is 16.3. The number of carbonyl (C=O) groups excluding carboxylic acids is 2. The predicted octanol–water partition coefficient (Wildman–Crippen LogP) is 4.09. The fraction of sp³-hybridized carbons (Fsp3) is 0.556. The van der Waals surface area contributed by atoms with Gasteiger partial charge in [-0.15, -0.1) is 0 Å². The summed E-state index contributed by atoms with van der Waals surface area (Å²) >= 11 is 3.45. The molecule has 0 spiro atoms. The van der Waals surface area contributed by atoms with E-state index in [9.17, 15) is 9.59 Å². The molecule has 1 aromatic rings. The molecule has 132 valence electrons. The van der Waals surface area contributed by atoms with Crippen molar-refractivity contribution in [1.29, 1.82) is 0 Å². The third-order valence-corrected chi connectivity index (χ3v) is 4.78. The van der Waals surface area contributed by atoms with Crippen molar-refractivity contribution in [3.63, 3.8) is 0 Å². The molecular formula is C18H25BrN2O3. The molecule has 24 heavy (non-hydrogen) atoms. The molecule has 6 heteroatoms.